The number of hydrogen-bond acceptors (Lipinski definition) is 1. The minimum absolute atomic E-state index is 0. The summed E-state index contributed by atoms with van der Waals surface area (Å²) in [7, 11) is 0. The molecular weight excluding hydrogens is 270 g/mol. The molecule has 3 aromatic carbocycles. The van der Waals surface area contributed by atoms with Crippen molar-refractivity contribution < 1.29 is 5.48 Å². The molecular formula is C20H17NO. The van der Waals surface area contributed by atoms with Crippen molar-refractivity contribution in [3.05, 3.63) is 90.0 Å². The van der Waals surface area contributed by atoms with E-state index in [1.165, 1.54) is 21.9 Å². The van der Waals surface area contributed by atoms with E-state index in [-0.39, 0.29) is 5.48 Å². The molecule has 2 N–H and O–H groups in total. The van der Waals surface area contributed by atoms with Crippen molar-refractivity contribution in [2.24, 2.45) is 0 Å². The van der Waals surface area contributed by atoms with Crippen molar-refractivity contribution in [3.63, 3.8) is 0 Å². The molecule has 0 amide bonds. The van der Waals surface area contributed by atoms with Crippen molar-refractivity contribution in [1.29, 1.82) is 0 Å². The molecule has 0 spiro atoms. The van der Waals surface area contributed by atoms with Gasteiger partial charge in [-0.05, 0) is 35.7 Å². The Morgan fingerprint density at radius 2 is 1.41 bits per heavy atom. The van der Waals surface area contributed by atoms with E-state index in [4.69, 9.17) is 4.98 Å². The third-order valence-corrected chi connectivity index (χ3v) is 3.89. The average molecular weight is 287 g/mol. The number of para-hydroxylation sites is 1. The van der Waals surface area contributed by atoms with Crippen molar-refractivity contribution in [2.45, 2.75) is 6.42 Å². The van der Waals surface area contributed by atoms with Crippen LogP contribution in [0.1, 0.15) is 11.1 Å². The minimum atomic E-state index is 0. The van der Waals surface area contributed by atoms with Crippen molar-refractivity contribution in [2.75, 3.05) is 0 Å². The van der Waals surface area contributed by atoms with Crippen molar-refractivity contribution in [1.82, 2.24) is 4.98 Å². The number of aromatic nitrogens is 1. The Morgan fingerprint density at radius 3 is 2.27 bits per heavy atom. The SMILES string of the molecule is O.c1ccc(Cc2cccc3nc4ccccc4cc23)cc1. The van der Waals surface area contributed by atoms with Crippen LogP contribution in [-0.4, -0.2) is 10.5 Å². The molecule has 0 atom stereocenters. The zero-order valence-corrected chi connectivity index (χ0v) is 12.2. The van der Waals surface area contributed by atoms with E-state index in [9.17, 15) is 0 Å². The lowest BCUT2D eigenvalue weighted by Gasteiger charge is -2.08. The highest BCUT2D eigenvalue weighted by Crippen LogP contribution is 2.24. The molecule has 0 aliphatic carbocycles. The zero-order chi connectivity index (χ0) is 14.1. The molecule has 1 heterocycles. The molecule has 108 valence electrons. The Balaban J connectivity index is 0.00000144. The third kappa shape index (κ3) is 2.57. The molecule has 0 aliphatic heterocycles. The summed E-state index contributed by atoms with van der Waals surface area (Å²) < 4.78 is 0. The smallest absolute Gasteiger partial charge is 0.0712 e. The predicted molar refractivity (Wildman–Crippen MR) is 92.1 cm³/mol. The molecule has 0 aliphatic rings. The monoisotopic (exact) mass is 287 g/mol. The second kappa shape index (κ2) is 5.96. The van der Waals surface area contributed by atoms with Crippen LogP contribution < -0.4 is 0 Å². The quantitative estimate of drug-likeness (QED) is 0.511. The first-order valence-corrected chi connectivity index (χ1v) is 7.21. The molecule has 0 radical (unpaired) electrons. The molecule has 1 aromatic heterocycles. The fourth-order valence-electron chi connectivity index (χ4n) is 2.83. The molecule has 4 aromatic rings. The fourth-order valence-corrected chi connectivity index (χ4v) is 2.83. The summed E-state index contributed by atoms with van der Waals surface area (Å²) in [5.74, 6) is 0. The van der Waals surface area contributed by atoms with Gasteiger partial charge in [0, 0.05) is 10.8 Å². The number of benzene rings is 3. The van der Waals surface area contributed by atoms with Crippen LogP contribution in [0, 0.1) is 0 Å². The first kappa shape index (κ1) is 14.2. The lowest BCUT2D eigenvalue weighted by Crippen LogP contribution is -1.91. The van der Waals surface area contributed by atoms with Crippen LogP contribution in [0.2, 0.25) is 0 Å². The van der Waals surface area contributed by atoms with Crippen molar-refractivity contribution in [3.8, 4) is 0 Å². The van der Waals surface area contributed by atoms with Gasteiger partial charge in [-0.1, -0.05) is 60.7 Å². The van der Waals surface area contributed by atoms with E-state index in [0.29, 0.717) is 0 Å². The molecule has 0 saturated carbocycles. The topological polar surface area (TPSA) is 44.4 Å². The lowest BCUT2D eigenvalue weighted by molar-refractivity contribution is 0.824. The second-order valence-corrected chi connectivity index (χ2v) is 5.33. The number of pyridine rings is 1. The van der Waals surface area contributed by atoms with E-state index in [0.717, 1.165) is 17.5 Å². The van der Waals surface area contributed by atoms with Crippen LogP contribution in [0.25, 0.3) is 21.8 Å². The highest BCUT2D eigenvalue weighted by molar-refractivity contribution is 5.94. The van der Waals surface area contributed by atoms with E-state index >= 15 is 0 Å². The maximum atomic E-state index is 4.78. The van der Waals surface area contributed by atoms with Gasteiger partial charge in [0.2, 0.25) is 0 Å². The third-order valence-electron chi connectivity index (χ3n) is 3.89. The predicted octanol–water partition coefficient (Wildman–Crippen LogP) is 4.15. The van der Waals surface area contributed by atoms with Crippen LogP contribution in [0.15, 0.2) is 78.9 Å². The van der Waals surface area contributed by atoms with Crippen LogP contribution in [-0.2, 0) is 6.42 Å². The Bertz CT molecular complexity index is 916. The molecule has 4 rings (SSSR count). The summed E-state index contributed by atoms with van der Waals surface area (Å²) in [5, 5.41) is 2.45. The first-order valence-electron chi connectivity index (χ1n) is 7.21. The lowest BCUT2D eigenvalue weighted by atomic mass is 9.99. The zero-order valence-electron chi connectivity index (χ0n) is 12.2. The number of rotatable bonds is 2. The highest BCUT2D eigenvalue weighted by atomic mass is 16.0. The normalized spacial score (nSPS) is 10.5. The minimum Gasteiger partial charge on any atom is -0.412 e. The Kier molecular flexibility index (Phi) is 3.86. The van der Waals surface area contributed by atoms with Gasteiger partial charge in [0.05, 0.1) is 11.0 Å². The van der Waals surface area contributed by atoms with E-state index in [1.807, 2.05) is 6.07 Å². The van der Waals surface area contributed by atoms with Gasteiger partial charge in [-0.2, -0.15) is 0 Å². The number of fused-ring (bicyclic) bond motifs is 2. The standard InChI is InChI=1S/C20H15N.H2O/c1-2-7-15(8-3-1)13-16-10-6-12-20-18(16)14-17-9-4-5-11-19(17)21-20;/h1-12,14H,13H2;1H2. The fraction of sp³-hybridized carbons (Fsp3) is 0.0500. The van der Waals surface area contributed by atoms with Crippen LogP contribution >= 0.6 is 0 Å². The summed E-state index contributed by atoms with van der Waals surface area (Å²) in [5.41, 5.74) is 4.79. The molecule has 0 fully saturated rings. The molecule has 0 bridgehead atoms. The molecule has 0 unspecified atom stereocenters. The van der Waals surface area contributed by atoms with E-state index in [1.54, 1.807) is 0 Å². The van der Waals surface area contributed by atoms with Crippen LogP contribution in [0.3, 0.4) is 0 Å². The van der Waals surface area contributed by atoms with Crippen LogP contribution in [0.4, 0.5) is 0 Å². The second-order valence-electron chi connectivity index (χ2n) is 5.33. The number of nitrogens with zero attached hydrogens (tertiary/aromatic N) is 1. The van der Waals surface area contributed by atoms with Gasteiger partial charge in [-0.3, -0.25) is 0 Å². The van der Waals surface area contributed by atoms with E-state index in [2.05, 4.69) is 72.8 Å². The van der Waals surface area contributed by atoms with Gasteiger partial charge < -0.3 is 5.48 Å². The van der Waals surface area contributed by atoms with Gasteiger partial charge in [0.1, 0.15) is 0 Å². The summed E-state index contributed by atoms with van der Waals surface area (Å²) in [4.78, 5) is 4.78. The average Bonchev–Trinajstić information content (AvgIpc) is 2.54. The Morgan fingerprint density at radius 1 is 0.682 bits per heavy atom. The van der Waals surface area contributed by atoms with Gasteiger partial charge in [0.25, 0.3) is 0 Å². The highest BCUT2D eigenvalue weighted by Gasteiger charge is 2.05. The maximum Gasteiger partial charge on any atom is 0.0712 e. The largest absolute Gasteiger partial charge is 0.412 e. The molecule has 2 heteroatoms. The molecule has 2 nitrogen and oxygen atoms in total. The molecule has 0 saturated heterocycles. The number of hydrogen-bond donors (Lipinski definition) is 0. The first-order chi connectivity index (χ1) is 10.4. The van der Waals surface area contributed by atoms with E-state index < -0.39 is 0 Å². The summed E-state index contributed by atoms with van der Waals surface area (Å²) >= 11 is 0. The van der Waals surface area contributed by atoms with Crippen LogP contribution in [0.5, 0.6) is 0 Å². The maximum absolute atomic E-state index is 4.78. The van der Waals surface area contributed by atoms with Gasteiger partial charge >= 0.3 is 0 Å². The Labute approximate surface area is 129 Å². The Hall–Kier alpha value is -2.71. The summed E-state index contributed by atoms with van der Waals surface area (Å²) in [6, 6.07) is 27.5. The summed E-state index contributed by atoms with van der Waals surface area (Å²) in [6.45, 7) is 0. The van der Waals surface area contributed by atoms with Gasteiger partial charge in [-0.25, -0.2) is 4.98 Å². The van der Waals surface area contributed by atoms with Gasteiger partial charge in [-0.15, -0.1) is 0 Å². The van der Waals surface area contributed by atoms with Gasteiger partial charge in [0.15, 0.2) is 0 Å². The summed E-state index contributed by atoms with van der Waals surface area (Å²) in [6.07, 6.45) is 0.943. The van der Waals surface area contributed by atoms with Crippen molar-refractivity contribution >= 4 is 21.8 Å². The molecule has 22 heavy (non-hydrogen) atoms.